The Morgan fingerprint density at radius 2 is 1.95 bits per heavy atom. The van der Waals surface area contributed by atoms with Gasteiger partial charge < -0.3 is 15.5 Å². The smallest absolute Gasteiger partial charge is 0.251 e. The first-order valence-corrected chi connectivity index (χ1v) is 6.65. The van der Waals surface area contributed by atoms with Crippen molar-refractivity contribution < 1.29 is 9.59 Å². The molecule has 0 saturated heterocycles. The van der Waals surface area contributed by atoms with E-state index < -0.39 is 0 Å². The zero-order valence-electron chi connectivity index (χ0n) is 12.8. The average molecular weight is 277 g/mol. The fourth-order valence-corrected chi connectivity index (χ4v) is 1.93. The van der Waals surface area contributed by atoms with Crippen molar-refractivity contribution in [2.24, 2.45) is 0 Å². The molecule has 20 heavy (non-hydrogen) atoms. The van der Waals surface area contributed by atoms with Crippen molar-refractivity contribution in [3.8, 4) is 0 Å². The van der Waals surface area contributed by atoms with Crippen LogP contribution >= 0.6 is 0 Å². The van der Waals surface area contributed by atoms with E-state index in [0.717, 1.165) is 11.3 Å². The maximum absolute atomic E-state index is 11.7. The summed E-state index contributed by atoms with van der Waals surface area (Å²) in [5, 5.41) is 5.91. The minimum atomic E-state index is -0.108. The number of hydrogen-bond acceptors (Lipinski definition) is 3. The quantitative estimate of drug-likeness (QED) is 0.860. The summed E-state index contributed by atoms with van der Waals surface area (Å²) in [5.74, 6) is -0.0340. The lowest BCUT2D eigenvalue weighted by atomic mass is 10.0. The van der Waals surface area contributed by atoms with Gasteiger partial charge in [-0.05, 0) is 31.5 Å². The van der Waals surface area contributed by atoms with Gasteiger partial charge in [-0.1, -0.05) is 6.07 Å². The normalized spacial score (nSPS) is 11.7. The van der Waals surface area contributed by atoms with E-state index in [0.29, 0.717) is 12.0 Å². The topological polar surface area (TPSA) is 61.4 Å². The Balaban J connectivity index is 2.83. The number of carbonyl (C=O) groups excluding carboxylic acids is 2. The van der Waals surface area contributed by atoms with E-state index in [1.165, 1.54) is 0 Å². The van der Waals surface area contributed by atoms with Crippen molar-refractivity contribution in [3.63, 3.8) is 0 Å². The lowest BCUT2D eigenvalue weighted by Crippen LogP contribution is -2.29. The molecule has 0 fully saturated rings. The zero-order chi connectivity index (χ0) is 15.3. The summed E-state index contributed by atoms with van der Waals surface area (Å²) in [6, 6.07) is 5.54. The Morgan fingerprint density at radius 3 is 2.50 bits per heavy atom. The molecule has 5 heteroatoms. The first-order valence-electron chi connectivity index (χ1n) is 6.65. The van der Waals surface area contributed by atoms with Gasteiger partial charge in [0.2, 0.25) is 5.91 Å². The molecular weight excluding hydrogens is 254 g/mol. The molecule has 110 valence electrons. The molecule has 0 spiro atoms. The highest BCUT2D eigenvalue weighted by atomic mass is 16.2. The highest BCUT2D eigenvalue weighted by Gasteiger charge is 2.14. The molecule has 0 bridgehead atoms. The van der Waals surface area contributed by atoms with E-state index in [4.69, 9.17) is 0 Å². The molecule has 0 aliphatic rings. The molecule has 5 nitrogen and oxygen atoms in total. The van der Waals surface area contributed by atoms with Gasteiger partial charge in [-0.15, -0.1) is 0 Å². The van der Waals surface area contributed by atoms with Crippen LogP contribution in [0.4, 0.5) is 5.69 Å². The van der Waals surface area contributed by atoms with Gasteiger partial charge in [0.05, 0.1) is 0 Å². The van der Waals surface area contributed by atoms with Gasteiger partial charge in [-0.25, -0.2) is 0 Å². The van der Waals surface area contributed by atoms with Crippen molar-refractivity contribution in [3.05, 3.63) is 29.3 Å². The molecule has 0 aliphatic carbocycles. The molecule has 0 aromatic heterocycles. The van der Waals surface area contributed by atoms with Crippen LogP contribution in [-0.2, 0) is 4.79 Å². The van der Waals surface area contributed by atoms with Gasteiger partial charge >= 0.3 is 0 Å². The van der Waals surface area contributed by atoms with Gasteiger partial charge in [0.1, 0.15) is 0 Å². The summed E-state index contributed by atoms with van der Waals surface area (Å²) in [4.78, 5) is 25.0. The van der Waals surface area contributed by atoms with E-state index in [1.807, 2.05) is 26.0 Å². The summed E-state index contributed by atoms with van der Waals surface area (Å²) in [5.41, 5.74) is 2.41. The molecule has 2 amide bonds. The summed E-state index contributed by atoms with van der Waals surface area (Å²) in [7, 11) is 5.10. The van der Waals surface area contributed by atoms with E-state index in [9.17, 15) is 9.59 Å². The van der Waals surface area contributed by atoms with Crippen LogP contribution in [0.1, 0.15) is 29.3 Å². The number of amides is 2. The zero-order valence-corrected chi connectivity index (χ0v) is 12.8. The number of nitrogens with zero attached hydrogens (tertiary/aromatic N) is 1. The summed E-state index contributed by atoms with van der Waals surface area (Å²) in [6.45, 7) is 3.85. The number of nitrogens with one attached hydrogen (secondary N) is 2. The van der Waals surface area contributed by atoms with Gasteiger partial charge in [0.15, 0.2) is 0 Å². The molecular formula is C15H23N3O2. The third kappa shape index (κ3) is 3.98. The maximum atomic E-state index is 11.7. The summed E-state index contributed by atoms with van der Waals surface area (Å²) in [6.07, 6.45) is 0.413. The van der Waals surface area contributed by atoms with Crippen LogP contribution in [0.2, 0.25) is 0 Å². The second kappa shape index (κ2) is 6.93. The third-order valence-corrected chi connectivity index (χ3v) is 3.19. The number of anilines is 1. The van der Waals surface area contributed by atoms with E-state index >= 15 is 0 Å². The van der Waals surface area contributed by atoms with Crippen LogP contribution in [0, 0.1) is 6.92 Å². The standard InChI is InChI=1S/C15H23N3O2/c1-10(9-14(19)18(4)5)17-13-8-6-7-12(11(13)2)15(20)16-3/h6-8,10,17H,9H2,1-5H3,(H,16,20)/t10-/m1/s1. The summed E-state index contributed by atoms with van der Waals surface area (Å²) >= 11 is 0. The second-order valence-electron chi connectivity index (χ2n) is 5.09. The molecule has 0 heterocycles. The van der Waals surface area contributed by atoms with E-state index in [2.05, 4.69) is 10.6 Å². The molecule has 1 rings (SSSR count). The number of carbonyl (C=O) groups is 2. The van der Waals surface area contributed by atoms with Gasteiger partial charge in [0.25, 0.3) is 5.91 Å². The Hall–Kier alpha value is -2.04. The summed E-state index contributed by atoms with van der Waals surface area (Å²) < 4.78 is 0. The van der Waals surface area contributed by atoms with Gasteiger partial charge in [-0.3, -0.25) is 9.59 Å². The largest absolute Gasteiger partial charge is 0.382 e. The molecule has 1 atom stereocenters. The number of rotatable bonds is 5. The Bertz CT molecular complexity index is 498. The predicted octanol–water partition coefficient (Wildman–Crippen LogP) is 1.63. The average Bonchev–Trinajstić information content (AvgIpc) is 2.40. The highest BCUT2D eigenvalue weighted by molar-refractivity contribution is 5.96. The third-order valence-electron chi connectivity index (χ3n) is 3.19. The Labute approximate surface area is 120 Å². The molecule has 0 saturated carbocycles. The minimum absolute atomic E-state index is 0.00328. The van der Waals surface area contributed by atoms with Crippen LogP contribution in [-0.4, -0.2) is 43.9 Å². The molecule has 2 N–H and O–H groups in total. The molecule has 0 radical (unpaired) electrons. The van der Waals surface area contributed by atoms with E-state index in [1.54, 1.807) is 32.1 Å². The minimum Gasteiger partial charge on any atom is -0.382 e. The highest BCUT2D eigenvalue weighted by Crippen LogP contribution is 2.20. The van der Waals surface area contributed by atoms with Crippen LogP contribution in [0.5, 0.6) is 0 Å². The fraction of sp³-hybridized carbons (Fsp3) is 0.467. The Morgan fingerprint density at radius 1 is 1.30 bits per heavy atom. The predicted molar refractivity (Wildman–Crippen MR) is 81.0 cm³/mol. The number of hydrogen-bond donors (Lipinski definition) is 2. The van der Waals surface area contributed by atoms with E-state index in [-0.39, 0.29) is 17.9 Å². The molecule has 1 aromatic rings. The molecule has 1 aromatic carbocycles. The van der Waals surface area contributed by atoms with Crippen molar-refractivity contribution in [2.75, 3.05) is 26.5 Å². The maximum Gasteiger partial charge on any atom is 0.251 e. The number of benzene rings is 1. The van der Waals surface area contributed by atoms with Crippen molar-refractivity contribution >= 4 is 17.5 Å². The van der Waals surface area contributed by atoms with Gasteiger partial charge in [0, 0.05) is 44.9 Å². The first kappa shape index (κ1) is 16.0. The van der Waals surface area contributed by atoms with Crippen molar-refractivity contribution in [2.45, 2.75) is 26.3 Å². The second-order valence-corrected chi connectivity index (χ2v) is 5.09. The van der Waals surface area contributed by atoms with Crippen LogP contribution < -0.4 is 10.6 Å². The van der Waals surface area contributed by atoms with Crippen molar-refractivity contribution in [1.82, 2.24) is 10.2 Å². The monoisotopic (exact) mass is 277 g/mol. The van der Waals surface area contributed by atoms with Crippen LogP contribution in [0.3, 0.4) is 0 Å². The Kier molecular flexibility index (Phi) is 5.55. The molecule has 0 aliphatic heterocycles. The molecule has 0 unspecified atom stereocenters. The fourth-order valence-electron chi connectivity index (χ4n) is 1.93. The van der Waals surface area contributed by atoms with Crippen molar-refractivity contribution in [1.29, 1.82) is 0 Å². The lowest BCUT2D eigenvalue weighted by molar-refractivity contribution is -0.128. The van der Waals surface area contributed by atoms with Crippen LogP contribution in [0.15, 0.2) is 18.2 Å². The lowest BCUT2D eigenvalue weighted by Gasteiger charge is -2.19. The SMILES string of the molecule is CNC(=O)c1cccc(N[C@H](C)CC(=O)N(C)C)c1C. The first-order chi connectivity index (χ1) is 9.36. The van der Waals surface area contributed by atoms with Gasteiger partial charge in [-0.2, -0.15) is 0 Å². The van der Waals surface area contributed by atoms with Crippen LogP contribution in [0.25, 0.3) is 0 Å².